The molecule has 0 aliphatic carbocycles. The molecular weight excluding hydrogens is 188 g/mol. The van der Waals surface area contributed by atoms with Gasteiger partial charge in [0.1, 0.15) is 5.75 Å². The molecule has 15 heavy (non-hydrogen) atoms. The Labute approximate surface area is 91.4 Å². The van der Waals surface area contributed by atoms with Crippen molar-refractivity contribution in [1.29, 1.82) is 0 Å². The zero-order valence-corrected chi connectivity index (χ0v) is 9.60. The highest BCUT2D eigenvalue weighted by atomic mass is 16.5. The van der Waals surface area contributed by atoms with E-state index < -0.39 is 0 Å². The number of benzene rings is 1. The molecule has 0 fully saturated rings. The average Bonchev–Trinajstić information content (AvgIpc) is 2.24. The maximum atomic E-state index is 5.26. The van der Waals surface area contributed by atoms with Crippen LogP contribution in [-0.4, -0.2) is 39.0 Å². The summed E-state index contributed by atoms with van der Waals surface area (Å²) in [5.74, 6) is 0.942. The first kappa shape index (κ1) is 11.6. The van der Waals surface area contributed by atoms with Crippen molar-refractivity contribution in [3.63, 3.8) is 0 Å². The molecule has 1 rings (SSSR count). The summed E-state index contributed by atoms with van der Waals surface area (Å²) < 4.78 is 5.26. The minimum absolute atomic E-state index is 0.790. The lowest BCUT2D eigenvalue weighted by atomic mass is 10.1. The molecule has 3 heteroatoms. The van der Waals surface area contributed by atoms with Gasteiger partial charge in [0, 0.05) is 20.6 Å². The maximum absolute atomic E-state index is 5.26. The van der Waals surface area contributed by atoms with Crippen molar-refractivity contribution in [3.05, 3.63) is 29.8 Å². The van der Waals surface area contributed by atoms with Gasteiger partial charge in [0.25, 0.3) is 0 Å². The number of hydrogen-bond donors (Lipinski definition) is 0. The van der Waals surface area contributed by atoms with E-state index in [9.17, 15) is 0 Å². The van der Waals surface area contributed by atoms with Gasteiger partial charge in [-0.15, -0.1) is 0 Å². The van der Waals surface area contributed by atoms with Crippen molar-refractivity contribution < 1.29 is 4.74 Å². The van der Waals surface area contributed by atoms with Crippen LogP contribution >= 0.6 is 0 Å². The molecule has 0 unspecified atom stereocenters. The fraction of sp³-hybridized carbons (Fsp3) is 0.417. The lowest BCUT2D eigenvalue weighted by Crippen LogP contribution is -2.08. The summed E-state index contributed by atoms with van der Waals surface area (Å²) in [6, 6.07) is 8.05. The summed E-state index contributed by atoms with van der Waals surface area (Å²) in [6.45, 7) is 0.790. The molecule has 3 nitrogen and oxygen atoms in total. The van der Waals surface area contributed by atoms with Crippen LogP contribution in [-0.2, 0) is 6.42 Å². The zero-order valence-electron chi connectivity index (χ0n) is 9.60. The smallest absolute Gasteiger partial charge is 0.122 e. The highest BCUT2D eigenvalue weighted by molar-refractivity contribution is 5.53. The van der Waals surface area contributed by atoms with Gasteiger partial charge in [-0.1, -0.05) is 18.2 Å². The molecule has 0 atom stereocenters. The summed E-state index contributed by atoms with van der Waals surface area (Å²) in [6.07, 6.45) is 2.74. The Morgan fingerprint density at radius 1 is 1.33 bits per heavy atom. The third-order valence-corrected chi connectivity index (χ3v) is 2.02. The van der Waals surface area contributed by atoms with Gasteiger partial charge in [-0.25, -0.2) is 0 Å². The van der Waals surface area contributed by atoms with E-state index in [1.807, 2.05) is 43.5 Å². The second kappa shape index (κ2) is 6.06. The third-order valence-electron chi connectivity index (χ3n) is 2.02. The Morgan fingerprint density at radius 2 is 2.07 bits per heavy atom. The van der Waals surface area contributed by atoms with Crippen molar-refractivity contribution in [3.8, 4) is 5.75 Å². The second-order valence-corrected chi connectivity index (χ2v) is 3.55. The Balaban J connectivity index is 2.50. The topological polar surface area (TPSA) is 24.8 Å². The van der Waals surface area contributed by atoms with Gasteiger partial charge in [0.15, 0.2) is 0 Å². The molecule has 82 valence electrons. The van der Waals surface area contributed by atoms with Crippen molar-refractivity contribution in [1.82, 2.24) is 4.90 Å². The molecule has 0 bridgehead atoms. The normalized spacial score (nSPS) is 10.6. The van der Waals surface area contributed by atoms with Gasteiger partial charge in [-0.05, 0) is 18.1 Å². The van der Waals surface area contributed by atoms with E-state index in [1.165, 1.54) is 5.56 Å². The van der Waals surface area contributed by atoms with E-state index in [2.05, 4.69) is 11.1 Å². The highest BCUT2D eigenvalue weighted by Gasteiger charge is 1.99. The van der Waals surface area contributed by atoms with Crippen molar-refractivity contribution in [2.24, 2.45) is 4.99 Å². The van der Waals surface area contributed by atoms with E-state index in [-0.39, 0.29) is 0 Å². The Bertz CT molecular complexity index is 321. The molecule has 0 saturated heterocycles. The monoisotopic (exact) mass is 206 g/mol. The Morgan fingerprint density at radius 3 is 2.73 bits per heavy atom. The summed E-state index contributed by atoms with van der Waals surface area (Å²) in [4.78, 5) is 6.22. The molecule has 0 saturated carbocycles. The first-order valence-electron chi connectivity index (χ1n) is 5.02. The van der Waals surface area contributed by atoms with Crippen LogP contribution in [0.25, 0.3) is 0 Å². The predicted molar refractivity (Wildman–Crippen MR) is 63.7 cm³/mol. The summed E-state index contributed by atoms with van der Waals surface area (Å²) >= 11 is 0. The maximum Gasteiger partial charge on any atom is 0.122 e. The molecule has 0 aliphatic rings. The number of rotatable bonds is 5. The highest BCUT2D eigenvalue weighted by Crippen LogP contribution is 2.17. The lowest BCUT2D eigenvalue weighted by Gasteiger charge is -2.06. The van der Waals surface area contributed by atoms with E-state index in [0.717, 1.165) is 18.7 Å². The first-order chi connectivity index (χ1) is 7.24. The molecule has 1 aromatic carbocycles. The van der Waals surface area contributed by atoms with E-state index in [4.69, 9.17) is 4.74 Å². The summed E-state index contributed by atoms with van der Waals surface area (Å²) in [7, 11) is 5.63. The van der Waals surface area contributed by atoms with Crippen molar-refractivity contribution in [2.75, 3.05) is 27.7 Å². The van der Waals surface area contributed by atoms with E-state index in [1.54, 1.807) is 7.11 Å². The van der Waals surface area contributed by atoms with Gasteiger partial charge >= 0.3 is 0 Å². The first-order valence-corrected chi connectivity index (χ1v) is 5.02. The zero-order chi connectivity index (χ0) is 11.1. The Hall–Kier alpha value is -1.51. The molecule has 0 N–H and O–H groups in total. The van der Waals surface area contributed by atoms with E-state index >= 15 is 0 Å². The number of aliphatic imine (C=N–C) groups is 1. The molecule has 0 aromatic heterocycles. The number of para-hydroxylation sites is 1. The molecule has 0 spiro atoms. The van der Waals surface area contributed by atoms with Crippen LogP contribution in [0.5, 0.6) is 5.75 Å². The van der Waals surface area contributed by atoms with E-state index in [0.29, 0.717) is 0 Å². The number of hydrogen-bond acceptors (Lipinski definition) is 2. The quantitative estimate of drug-likeness (QED) is 0.542. The van der Waals surface area contributed by atoms with Crippen LogP contribution in [0.15, 0.2) is 29.3 Å². The van der Waals surface area contributed by atoms with Gasteiger partial charge in [-0.2, -0.15) is 0 Å². The fourth-order valence-corrected chi connectivity index (χ4v) is 1.32. The minimum Gasteiger partial charge on any atom is -0.496 e. The van der Waals surface area contributed by atoms with Gasteiger partial charge < -0.3 is 9.64 Å². The SMILES string of the molecule is COc1ccccc1CCN=CN(C)C. The minimum atomic E-state index is 0.790. The molecule has 0 amide bonds. The predicted octanol–water partition coefficient (Wildman–Crippen LogP) is 1.83. The van der Waals surface area contributed by atoms with Crippen molar-refractivity contribution in [2.45, 2.75) is 6.42 Å². The van der Waals surface area contributed by atoms with Crippen LogP contribution in [0.2, 0.25) is 0 Å². The second-order valence-electron chi connectivity index (χ2n) is 3.55. The molecule has 0 aliphatic heterocycles. The summed E-state index contributed by atoms with van der Waals surface area (Å²) in [5.41, 5.74) is 1.20. The number of nitrogens with zero attached hydrogens (tertiary/aromatic N) is 2. The lowest BCUT2D eigenvalue weighted by molar-refractivity contribution is 0.410. The van der Waals surface area contributed by atoms with Crippen LogP contribution in [0.1, 0.15) is 5.56 Å². The number of methoxy groups -OCH3 is 1. The van der Waals surface area contributed by atoms with Crippen LogP contribution in [0, 0.1) is 0 Å². The van der Waals surface area contributed by atoms with Crippen LogP contribution < -0.4 is 4.74 Å². The fourth-order valence-electron chi connectivity index (χ4n) is 1.32. The molecular formula is C12H18N2O. The Kier molecular flexibility index (Phi) is 4.68. The van der Waals surface area contributed by atoms with Gasteiger partial charge in [0.2, 0.25) is 0 Å². The summed E-state index contributed by atoms with van der Waals surface area (Å²) in [5, 5.41) is 0. The van der Waals surface area contributed by atoms with Crippen LogP contribution in [0.3, 0.4) is 0 Å². The van der Waals surface area contributed by atoms with Crippen LogP contribution in [0.4, 0.5) is 0 Å². The third kappa shape index (κ3) is 4.02. The standard InChI is InChI=1S/C12H18N2O/c1-14(2)10-13-9-8-11-6-4-5-7-12(11)15-3/h4-7,10H,8-9H2,1-3H3. The van der Waals surface area contributed by atoms with Gasteiger partial charge in [0.05, 0.1) is 13.4 Å². The van der Waals surface area contributed by atoms with Crippen molar-refractivity contribution >= 4 is 6.34 Å². The average molecular weight is 206 g/mol. The molecule has 1 aromatic rings. The van der Waals surface area contributed by atoms with Gasteiger partial charge in [-0.3, -0.25) is 4.99 Å². The number of ether oxygens (including phenoxy) is 1. The molecule has 0 radical (unpaired) electrons. The molecule has 0 heterocycles. The largest absolute Gasteiger partial charge is 0.496 e.